The molecule has 1 aromatic carbocycles. The van der Waals surface area contributed by atoms with Gasteiger partial charge in [0.2, 0.25) is 5.91 Å². The molecule has 1 N–H and O–H groups in total. The molecular formula is C27H35N5OS. The Morgan fingerprint density at radius 1 is 1.06 bits per heavy atom. The van der Waals surface area contributed by atoms with Crippen LogP contribution in [0.4, 0.5) is 5.13 Å². The molecule has 1 amide bonds. The summed E-state index contributed by atoms with van der Waals surface area (Å²) in [6.07, 6.45) is 8.58. The first kappa shape index (κ1) is 23.2. The molecule has 0 unspecified atom stereocenters. The second-order valence-corrected chi connectivity index (χ2v) is 10.7. The van der Waals surface area contributed by atoms with Gasteiger partial charge in [0.05, 0.1) is 5.92 Å². The van der Waals surface area contributed by atoms with Crippen molar-refractivity contribution in [2.24, 2.45) is 11.8 Å². The van der Waals surface area contributed by atoms with Crippen molar-refractivity contribution >= 4 is 32.7 Å². The van der Waals surface area contributed by atoms with Crippen LogP contribution in [0, 0.1) is 11.8 Å². The predicted octanol–water partition coefficient (Wildman–Crippen LogP) is 4.37. The van der Waals surface area contributed by atoms with Gasteiger partial charge in [-0.1, -0.05) is 41.7 Å². The molecule has 4 heterocycles. The number of nitrogens with one attached hydrogen (secondary N) is 1. The predicted molar refractivity (Wildman–Crippen MR) is 139 cm³/mol. The largest absolute Gasteiger partial charge is 0.356 e. The Kier molecular flexibility index (Phi) is 7.71. The number of piperidine rings is 2. The van der Waals surface area contributed by atoms with E-state index < -0.39 is 0 Å². The lowest BCUT2D eigenvalue weighted by molar-refractivity contribution is -0.125. The molecule has 2 aliphatic heterocycles. The molecule has 0 radical (unpaired) electrons. The Morgan fingerprint density at radius 3 is 2.74 bits per heavy atom. The zero-order valence-corrected chi connectivity index (χ0v) is 20.7. The Morgan fingerprint density at radius 2 is 1.91 bits per heavy atom. The van der Waals surface area contributed by atoms with E-state index in [0.717, 1.165) is 66.8 Å². The Labute approximate surface area is 206 Å². The Balaban J connectivity index is 1.01. The second-order valence-electron chi connectivity index (χ2n) is 9.73. The van der Waals surface area contributed by atoms with Crippen LogP contribution in [0.1, 0.15) is 37.7 Å². The lowest BCUT2D eigenvalue weighted by atomic mass is 9.90. The zero-order valence-electron chi connectivity index (χ0n) is 19.9. The number of hydrogen-bond acceptors (Lipinski definition) is 6. The van der Waals surface area contributed by atoms with Crippen molar-refractivity contribution in [3.63, 3.8) is 0 Å². The van der Waals surface area contributed by atoms with Crippen molar-refractivity contribution < 1.29 is 4.79 Å². The molecule has 1 atom stereocenters. The highest BCUT2D eigenvalue weighted by molar-refractivity contribution is 7.21. The summed E-state index contributed by atoms with van der Waals surface area (Å²) in [5.74, 6) is 1.05. The third-order valence-corrected chi connectivity index (χ3v) is 8.28. The molecule has 5 rings (SSSR count). The Hall–Kier alpha value is -2.51. The highest BCUT2D eigenvalue weighted by Crippen LogP contribution is 2.30. The van der Waals surface area contributed by atoms with Gasteiger partial charge in [-0.15, -0.1) is 0 Å². The number of carbonyl (C=O) groups excluding carboxylic acids is 1. The molecule has 2 fully saturated rings. The number of anilines is 1. The van der Waals surface area contributed by atoms with Crippen molar-refractivity contribution in [1.29, 1.82) is 0 Å². The first-order valence-corrected chi connectivity index (χ1v) is 13.6. The molecule has 3 aromatic rings. The van der Waals surface area contributed by atoms with Crippen molar-refractivity contribution in [3.05, 3.63) is 54.2 Å². The summed E-state index contributed by atoms with van der Waals surface area (Å²) in [6.45, 7) is 5.92. The number of amides is 1. The van der Waals surface area contributed by atoms with E-state index in [1.807, 2.05) is 18.3 Å². The van der Waals surface area contributed by atoms with Crippen molar-refractivity contribution in [2.75, 3.05) is 44.2 Å². The normalized spacial score (nSPS) is 20.0. The van der Waals surface area contributed by atoms with Gasteiger partial charge in [0.1, 0.15) is 10.3 Å². The summed E-state index contributed by atoms with van der Waals surface area (Å²) in [6, 6.07) is 14.8. The van der Waals surface area contributed by atoms with E-state index in [9.17, 15) is 4.79 Å². The van der Waals surface area contributed by atoms with Gasteiger partial charge >= 0.3 is 0 Å². The average Bonchev–Trinajstić information content (AvgIpc) is 3.33. The molecule has 0 saturated carbocycles. The van der Waals surface area contributed by atoms with Crippen LogP contribution < -0.4 is 10.2 Å². The summed E-state index contributed by atoms with van der Waals surface area (Å²) in [5.41, 5.74) is 2.41. The maximum absolute atomic E-state index is 12.8. The van der Waals surface area contributed by atoms with E-state index >= 15 is 0 Å². The summed E-state index contributed by atoms with van der Waals surface area (Å²) < 4.78 is 0. The average molecular weight is 478 g/mol. The molecular weight excluding hydrogens is 442 g/mol. The minimum atomic E-state index is 0.0439. The van der Waals surface area contributed by atoms with Gasteiger partial charge in [-0.3, -0.25) is 4.79 Å². The second kappa shape index (κ2) is 11.3. The van der Waals surface area contributed by atoms with Crippen LogP contribution in [-0.4, -0.2) is 60.0 Å². The zero-order chi connectivity index (χ0) is 23.2. The number of likely N-dealkylation sites (tertiary alicyclic amines) is 1. The van der Waals surface area contributed by atoms with Crippen LogP contribution in [0.15, 0.2) is 48.7 Å². The van der Waals surface area contributed by atoms with E-state index in [2.05, 4.69) is 50.4 Å². The molecule has 2 aromatic heterocycles. The van der Waals surface area contributed by atoms with Crippen LogP contribution >= 0.6 is 11.3 Å². The first-order valence-electron chi connectivity index (χ1n) is 12.7. The fourth-order valence-electron chi connectivity index (χ4n) is 5.28. The van der Waals surface area contributed by atoms with Crippen LogP contribution in [0.2, 0.25) is 0 Å². The van der Waals surface area contributed by atoms with Crippen LogP contribution in [-0.2, 0) is 11.2 Å². The monoisotopic (exact) mass is 477 g/mol. The minimum Gasteiger partial charge on any atom is -0.356 e. The number of rotatable bonds is 8. The number of thiazole rings is 1. The molecule has 34 heavy (non-hydrogen) atoms. The topological polar surface area (TPSA) is 61.4 Å². The number of hydrogen-bond donors (Lipinski definition) is 1. The quantitative estimate of drug-likeness (QED) is 0.488. The van der Waals surface area contributed by atoms with Gasteiger partial charge in [-0.2, -0.15) is 0 Å². The summed E-state index contributed by atoms with van der Waals surface area (Å²) in [7, 11) is 0. The van der Waals surface area contributed by atoms with E-state index in [-0.39, 0.29) is 11.8 Å². The van der Waals surface area contributed by atoms with Crippen LogP contribution in [0.5, 0.6) is 0 Å². The molecule has 2 aliphatic rings. The SMILES string of the molecule is O=C(NCCCN1CCC(Cc2ccccc2)CC1)[C@H]1CCCN(c2nc3cccnc3s2)C1. The van der Waals surface area contributed by atoms with E-state index in [1.165, 1.54) is 37.9 Å². The lowest BCUT2D eigenvalue weighted by Crippen LogP contribution is -2.43. The standard InChI is InChI=1S/C27H35N5OS/c33-25(23-9-5-16-32(20-23)27-30-24-10-4-13-29-26(24)34-27)28-14-6-15-31-17-11-22(12-18-31)19-21-7-2-1-3-8-21/h1-4,7-8,10,13,22-23H,5-6,9,11-12,14-20H2,(H,28,33)/t23-/m0/s1. The highest BCUT2D eigenvalue weighted by atomic mass is 32.1. The van der Waals surface area contributed by atoms with Crippen molar-refractivity contribution in [1.82, 2.24) is 20.2 Å². The smallest absolute Gasteiger partial charge is 0.224 e. The summed E-state index contributed by atoms with van der Waals surface area (Å²) in [5, 5.41) is 4.20. The maximum atomic E-state index is 12.8. The first-order chi connectivity index (χ1) is 16.7. The number of fused-ring (bicyclic) bond motifs is 1. The van der Waals surface area contributed by atoms with Gasteiger partial charge in [-0.25, -0.2) is 9.97 Å². The Bertz CT molecular complexity index is 1030. The fraction of sp³-hybridized carbons (Fsp3) is 0.519. The molecule has 180 valence electrons. The highest BCUT2D eigenvalue weighted by Gasteiger charge is 2.27. The van der Waals surface area contributed by atoms with Gasteiger partial charge in [-0.05, 0) is 81.8 Å². The molecule has 0 spiro atoms. The number of benzene rings is 1. The number of carbonyl (C=O) groups is 1. The molecule has 6 nitrogen and oxygen atoms in total. The van der Waals surface area contributed by atoms with E-state index in [1.54, 1.807) is 11.3 Å². The van der Waals surface area contributed by atoms with Gasteiger partial charge in [0.25, 0.3) is 0 Å². The van der Waals surface area contributed by atoms with Crippen LogP contribution in [0.25, 0.3) is 10.3 Å². The van der Waals surface area contributed by atoms with Crippen LogP contribution in [0.3, 0.4) is 0 Å². The lowest BCUT2D eigenvalue weighted by Gasteiger charge is -2.32. The number of pyridine rings is 1. The third-order valence-electron chi connectivity index (χ3n) is 7.24. The van der Waals surface area contributed by atoms with Gasteiger partial charge < -0.3 is 15.1 Å². The molecule has 0 aliphatic carbocycles. The van der Waals surface area contributed by atoms with E-state index in [4.69, 9.17) is 4.98 Å². The van der Waals surface area contributed by atoms with Gasteiger partial charge in [0.15, 0.2) is 5.13 Å². The molecule has 7 heteroatoms. The van der Waals surface area contributed by atoms with Crippen molar-refractivity contribution in [2.45, 2.75) is 38.5 Å². The van der Waals surface area contributed by atoms with Crippen molar-refractivity contribution in [3.8, 4) is 0 Å². The number of aromatic nitrogens is 2. The minimum absolute atomic E-state index is 0.0439. The fourth-order valence-corrected chi connectivity index (χ4v) is 6.22. The van der Waals surface area contributed by atoms with Gasteiger partial charge in [0, 0.05) is 25.8 Å². The maximum Gasteiger partial charge on any atom is 0.224 e. The third kappa shape index (κ3) is 5.94. The molecule has 2 saturated heterocycles. The summed E-state index contributed by atoms with van der Waals surface area (Å²) >= 11 is 1.62. The van der Waals surface area contributed by atoms with E-state index in [0.29, 0.717) is 0 Å². The summed E-state index contributed by atoms with van der Waals surface area (Å²) in [4.78, 5) is 27.8. The number of nitrogens with zero attached hydrogens (tertiary/aromatic N) is 4. The molecule has 0 bridgehead atoms.